The molecule has 1 aromatic heterocycles. The first kappa shape index (κ1) is 18.7. The number of quaternary nitrogens is 1. The minimum atomic E-state index is 0.601. The number of aromatic nitrogens is 2. The zero-order chi connectivity index (χ0) is 19.7. The monoisotopic (exact) mass is 396 g/mol. The summed E-state index contributed by atoms with van der Waals surface area (Å²) in [5.41, 5.74) is 5.69. The number of hydrogen-bond acceptors (Lipinski definition) is 4. The minimum absolute atomic E-state index is 0.601. The molecule has 0 bridgehead atoms. The second kappa shape index (κ2) is 7.73. The number of halogens is 1. The first-order valence-electron chi connectivity index (χ1n) is 9.43. The number of aryl methyl sites for hydroxylation is 3. The molecule has 0 saturated heterocycles. The Bertz CT molecular complexity index is 1040. The number of hydrogen-bond donors (Lipinski definition) is 4. The summed E-state index contributed by atoms with van der Waals surface area (Å²) in [6, 6.07) is 12.3. The molecule has 7 heteroatoms. The molecule has 2 heterocycles. The zero-order valence-corrected chi connectivity index (χ0v) is 17.1. The number of nitrogens with zero attached hydrogens (tertiary/aromatic N) is 2. The van der Waals surface area contributed by atoms with Gasteiger partial charge in [-0.15, -0.1) is 0 Å². The third-order valence-electron chi connectivity index (χ3n) is 5.14. The van der Waals surface area contributed by atoms with Gasteiger partial charge < -0.3 is 0 Å². The van der Waals surface area contributed by atoms with E-state index in [1.165, 1.54) is 21.6 Å². The van der Waals surface area contributed by atoms with Gasteiger partial charge in [0.05, 0.1) is 11.2 Å². The van der Waals surface area contributed by atoms with E-state index in [1.807, 2.05) is 19.1 Å². The van der Waals surface area contributed by atoms with Gasteiger partial charge in [0.2, 0.25) is 0 Å². The first-order valence-corrected chi connectivity index (χ1v) is 9.81. The number of anilines is 1. The molecule has 3 aromatic rings. The molecule has 1 aliphatic rings. The van der Waals surface area contributed by atoms with E-state index < -0.39 is 0 Å². The number of nitrogens with one attached hydrogen (secondary N) is 4. The standard InChI is InChI=1S/C21H23ClN6/c1-13-8-18-15(3)25-21(26-19(18)9-14(13)2)27-20-23-11-28(12-24-20)10-16-4-6-17(22)7-5-16/h4-9H,10-12H2,1-3H3,(H2,23,24,25,26,27)/p+2. The van der Waals surface area contributed by atoms with E-state index >= 15 is 0 Å². The van der Waals surface area contributed by atoms with Gasteiger partial charge in [-0.2, -0.15) is 4.98 Å². The van der Waals surface area contributed by atoms with Crippen molar-refractivity contribution in [1.29, 1.82) is 0 Å². The quantitative estimate of drug-likeness (QED) is 0.525. The van der Waals surface area contributed by atoms with Gasteiger partial charge in [0, 0.05) is 16.0 Å². The maximum absolute atomic E-state index is 5.96. The average molecular weight is 397 g/mol. The Hall–Kier alpha value is -2.70. The highest BCUT2D eigenvalue weighted by molar-refractivity contribution is 6.30. The number of guanidine groups is 1. The topological polar surface area (TPSA) is 68.2 Å². The molecule has 6 nitrogen and oxygen atoms in total. The highest BCUT2D eigenvalue weighted by Gasteiger charge is 2.21. The summed E-state index contributed by atoms with van der Waals surface area (Å²) in [5, 5.41) is 8.54. The Balaban J connectivity index is 1.45. The maximum atomic E-state index is 5.96. The third-order valence-corrected chi connectivity index (χ3v) is 5.39. The Labute approximate surface area is 169 Å². The van der Waals surface area contributed by atoms with Crippen LogP contribution in [0.5, 0.6) is 0 Å². The largest absolute Gasteiger partial charge is 0.359 e. The normalized spacial score (nSPS) is 16.6. The molecule has 4 N–H and O–H groups in total. The molecular formula is C21H25ClN6+2. The van der Waals surface area contributed by atoms with Crippen molar-refractivity contribution < 1.29 is 9.89 Å². The van der Waals surface area contributed by atoms with E-state index in [1.54, 1.807) is 0 Å². The maximum Gasteiger partial charge on any atom is 0.359 e. The van der Waals surface area contributed by atoms with Crippen molar-refractivity contribution in [3.8, 4) is 0 Å². The van der Waals surface area contributed by atoms with Crippen LogP contribution in [0.2, 0.25) is 5.02 Å². The lowest BCUT2D eigenvalue weighted by atomic mass is 10.1. The molecular weight excluding hydrogens is 372 g/mol. The van der Waals surface area contributed by atoms with E-state index in [-0.39, 0.29) is 0 Å². The van der Waals surface area contributed by atoms with Gasteiger partial charge in [0.1, 0.15) is 6.54 Å². The molecule has 0 fully saturated rings. The molecule has 0 spiro atoms. The van der Waals surface area contributed by atoms with Gasteiger partial charge in [0.15, 0.2) is 13.3 Å². The van der Waals surface area contributed by atoms with Crippen LogP contribution in [0.25, 0.3) is 10.9 Å². The van der Waals surface area contributed by atoms with Crippen molar-refractivity contribution in [2.75, 3.05) is 18.7 Å². The van der Waals surface area contributed by atoms with Crippen molar-refractivity contribution >= 4 is 34.4 Å². The SMILES string of the molecule is Cc1cc2nc(NC3=[NH+]C[NH+](Cc4ccc(Cl)cc4)CN3)nc(C)c2cc1C. The fraction of sp³-hybridized carbons (Fsp3) is 0.286. The lowest BCUT2D eigenvalue weighted by molar-refractivity contribution is -0.991. The van der Waals surface area contributed by atoms with E-state index in [0.717, 1.165) is 47.5 Å². The number of benzene rings is 2. The molecule has 0 amide bonds. The van der Waals surface area contributed by atoms with E-state index in [2.05, 4.69) is 63.7 Å². The van der Waals surface area contributed by atoms with Crippen molar-refractivity contribution in [3.63, 3.8) is 0 Å². The predicted molar refractivity (Wildman–Crippen MR) is 112 cm³/mol. The van der Waals surface area contributed by atoms with Gasteiger partial charge >= 0.3 is 5.96 Å². The molecule has 4 rings (SSSR count). The summed E-state index contributed by atoms with van der Waals surface area (Å²) in [7, 11) is 0. The van der Waals surface area contributed by atoms with Gasteiger partial charge in [0.25, 0.3) is 5.95 Å². The summed E-state index contributed by atoms with van der Waals surface area (Å²) in [6.45, 7) is 8.79. The van der Waals surface area contributed by atoms with Crippen LogP contribution in [0.3, 0.4) is 0 Å². The molecule has 0 saturated carbocycles. The van der Waals surface area contributed by atoms with Crippen molar-refractivity contribution in [2.24, 2.45) is 0 Å². The fourth-order valence-electron chi connectivity index (χ4n) is 3.37. The molecule has 2 aromatic carbocycles. The molecule has 28 heavy (non-hydrogen) atoms. The Morgan fingerprint density at radius 1 is 1.11 bits per heavy atom. The highest BCUT2D eigenvalue weighted by Crippen LogP contribution is 2.21. The smallest absolute Gasteiger partial charge is 0.273 e. The average Bonchev–Trinajstić information content (AvgIpc) is 2.67. The van der Waals surface area contributed by atoms with Crippen molar-refractivity contribution in [3.05, 3.63) is 63.8 Å². The van der Waals surface area contributed by atoms with Gasteiger partial charge in [-0.3, -0.25) is 4.90 Å². The summed E-state index contributed by atoms with van der Waals surface area (Å²) in [5.74, 6) is 1.44. The van der Waals surface area contributed by atoms with Crippen LogP contribution in [0, 0.1) is 20.8 Å². The Kier molecular flexibility index (Phi) is 5.15. The molecule has 1 atom stereocenters. The minimum Gasteiger partial charge on any atom is -0.273 e. The van der Waals surface area contributed by atoms with Crippen molar-refractivity contribution in [2.45, 2.75) is 27.3 Å². The third kappa shape index (κ3) is 4.08. The Morgan fingerprint density at radius 2 is 1.86 bits per heavy atom. The zero-order valence-electron chi connectivity index (χ0n) is 16.4. The molecule has 1 unspecified atom stereocenters. The van der Waals surface area contributed by atoms with Crippen LogP contribution >= 0.6 is 11.6 Å². The lowest BCUT2D eigenvalue weighted by Crippen LogP contribution is -3.23. The van der Waals surface area contributed by atoms with Gasteiger partial charge in [-0.25, -0.2) is 20.6 Å². The highest BCUT2D eigenvalue weighted by atomic mass is 35.5. The van der Waals surface area contributed by atoms with Crippen LogP contribution in [0.1, 0.15) is 22.4 Å². The Morgan fingerprint density at radius 3 is 2.57 bits per heavy atom. The van der Waals surface area contributed by atoms with Gasteiger partial charge in [-0.05, 0) is 56.2 Å². The number of rotatable bonds is 3. The summed E-state index contributed by atoms with van der Waals surface area (Å²) in [6.07, 6.45) is 0. The van der Waals surface area contributed by atoms with Crippen LogP contribution in [0.4, 0.5) is 5.95 Å². The second-order valence-electron chi connectivity index (χ2n) is 7.35. The van der Waals surface area contributed by atoms with E-state index in [9.17, 15) is 0 Å². The summed E-state index contributed by atoms with van der Waals surface area (Å²) in [4.78, 5) is 14.1. The van der Waals surface area contributed by atoms with Crippen LogP contribution in [0.15, 0.2) is 36.4 Å². The van der Waals surface area contributed by atoms with Crippen molar-refractivity contribution in [1.82, 2.24) is 15.3 Å². The number of fused-ring (bicyclic) bond motifs is 1. The lowest BCUT2D eigenvalue weighted by Gasteiger charge is -2.20. The van der Waals surface area contributed by atoms with Crippen LogP contribution in [-0.2, 0) is 6.54 Å². The molecule has 144 valence electrons. The summed E-state index contributed by atoms with van der Waals surface area (Å²) >= 11 is 5.96. The van der Waals surface area contributed by atoms with Gasteiger partial charge in [-0.1, -0.05) is 23.7 Å². The van der Waals surface area contributed by atoms with Crippen LogP contribution in [-0.4, -0.2) is 29.3 Å². The summed E-state index contributed by atoms with van der Waals surface area (Å²) < 4.78 is 0. The molecule has 0 radical (unpaired) electrons. The van der Waals surface area contributed by atoms with Crippen LogP contribution < -0.4 is 20.5 Å². The second-order valence-corrected chi connectivity index (χ2v) is 7.78. The predicted octanol–water partition coefficient (Wildman–Crippen LogP) is 0.660. The van der Waals surface area contributed by atoms with E-state index in [0.29, 0.717) is 5.95 Å². The molecule has 0 aliphatic carbocycles. The van der Waals surface area contributed by atoms with E-state index in [4.69, 9.17) is 11.6 Å². The molecule has 1 aliphatic heterocycles. The first-order chi connectivity index (χ1) is 13.5. The fourth-order valence-corrected chi connectivity index (χ4v) is 3.49.